The largest absolute Gasteiger partial charge is 0.481 e. The Labute approximate surface area is 129 Å². The first kappa shape index (κ1) is 15.6. The number of carbonyl (C=O) groups is 1. The highest BCUT2D eigenvalue weighted by atomic mass is 32.2. The van der Waals surface area contributed by atoms with E-state index in [0.29, 0.717) is 5.92 Å². The molecule has 1 heterocycles. The summed E-state index contributed by atoms with van der Waals surface area (Å²) in [7, 11) is 0. The van der Waals surface area contributed by atoms with Crippen molar-refractivity contribution >= 4 is 17.7 Å². The number of hydrogen-bond acceptors (Lipinski definition) is 3. The molecule has 0 radical (unpaired) electrons. The third kappa shape index (κ3) is 4.63. The Morgan fingerprint density at radius 1 is 1.38 bits per heavy atom. The van der Waals surface area contributed by atoms with Crippen LogP contribution in [-0.4, -0.2) is 26.4 Å². The molecule has 1 aromatic heterocycles. The van der Waals surface area contributed by atoms with Gasteiger partial charge in [-0.05, 0) is 24.8 Å². The summed E-state index contributed by atoms with van der Waals surface area (Å²) in [6.45, 7) is 4.99. The number of thioether (sulfide) groups is 1. The molecule has 0 spiro atoms. The highest BCUT2D eigenvalue weighted by Gasteiger charge is 2.11. The van der Waals surface area contributed by atoms with Crippen LogP contribution in [0.15, 0.2) is 41.7 Å². The van der Waals surface area contributed by atoms with Gasteiger partial charge in [0.25, 0.3) is 0 Å². The second-order valence-corrected chi connectivity index (χ2v) is 6.08. The van der Waals surface area contributed by atoms with Crippen LogP contribution in [0.5, 0.6) is 0 Å². The molecule has 112 valence electrons. The van der Waals surface area contributed by atoms with Crippen molar-refractivity contribution in [3.05, 3.63) is 47.8 Å². The van der Waals surface area contributed by atoms with Crippen LogP contribution in [-0.2, 0) is 11.3 Å². The number of hydrogen-bond donors (Lipinski definition) is 1. The summed E-state index contributed by atoms with van der Waals surface area (Å²) in [5, 5.41) is 9.57. The Morgan fingerprint density at radius 2 is 2.10 bits per heavy atom. The maximum Gasteiger partial charge on any atom is 0.313 e. The minimum absolute atomic E-state index is 0.0463. The molecule has 1 N–H and O–H groups in total. The Kier molecular flexibility index (Phi) is 5.44. The molecule has 0 amide bonds. The van der Waals surface area contributed by atoms with E-state index in [2.05, 4.69) is 40.7 Å². The van der Waals surface area contributed by atoms with Gasteiger partial charge in [-0.15, -0.1) is 0 Å². The zero-order valence-electron chi connectivity index (χ0n) is 12.3. The highest BCUT2D eigenvalue weighted by molar-refractivity contribution is 7.99. The molecular weight excluding hydrogens is 284 g/mol. The summed E-state index contributed by atoms with van der Waals surface area (Å²) < 4.78 is 2.06. The molecule has 2 aromatic rings. The smallest absolute Gasteiger partial charge is 0.313 e. The van der Waals surface area contributed by atoms with Gasteiger partial charge in [0.15, 0.2) is 5.16 Å². The van der Waals surface area contributed by atoms with Crippen LogP contribution in [0.3, 0.4) is 0 Å². The molecule has 21 heavy (non-hydrogen) atoms. The Morgan fingerprint density at radius 3 is 2.76 bits per heavy atom. The van der Waals surface area contributed by atoms with E-state index in [0.717, 1.165) is 23.8 Å². The lowest BCUT2D eigenvalue weighted by molar-refractivity contribution is -0.133. The molecule has 0 bridgehead atoms. The second kappa shape index (κ2) is 7.31. The van der Waals surface area contributed by atoms with E-state index < -0.39 is 5.97 Å². The maximum atomic E-state index is 10.7. The average Bonchev–Trinajstić information content (AvgIpc) is 2.83. The van der Waals surface area contributed by atoms with Crippen molar-refractivity contribution in [1.29, 1.82) is 0 Å². The van der Waals surface area contributed by atoms with Crippen molar-refractivity contribution < 1.29 is 9.90 Å². The topological polar surface area (TPSA) is 55.1 Å². The highest BCUT2D eigenvalue weighted by Crippen LogP contribution is 2.22. The summed E-state index contributed by atoms with van der Waals surface area (Å²) >= 11 is 1.28. The molecule has 2 rings (SSSR count). The summed E-state index contributed by atoms with van der Waals surface area (Å²) in [5.41, 5.74) is 2.25. The summed E-state index contributed by atoms with van der Waals surface area (Å²) in [4.78, 5) is 15.1. The fourth-order valence-electron chi connectivity index (χ4n) is 2.21. The second-order valence-electron chi connectivity index (χ2n) is 5.14. The number of benzene rings is 1. The van der Waals surface area contributed by atoms with Crippen LogP contribution in [0.2, 0.25) is 0 Å². The monoisotopic (exact) mass is 304 g/mol. The van der Waals surface area contributed by atoms with E-state index >= 15 is 0 Å². The van der Waals surface area contributed by atoms with Gasteiger partial charge in [0, 0.05) is 12.7 Å². The van der Waals surface area contributed by atoms with Gasteiger partial charge in [0.2, 0.25) is 0 Å². The predicted octanol–water partition coefficient (Wildman–Crippen LogP) is 3.56. The molecule has 0 aliphatic heterocycles. The number of nitrogens with zero attached hydrogens (tertiary/aromatic N) is 2. The number of imidazole rings is 1. The third-order valence-corrected chi connectivity index (χ3v) is 4.33. The quantitative estimate of drug-likeness (QED) is 0.795. The molecule has 1 aromatic carbocycles. The first-order valence-corrected chi connectivity index (χ1v) is 7.98. The zero-order valence-corrected chi connectivity index (χ0v) is 13.1. The number of carboxylic acid groups (broad SMARTS) is 1. The Bertz CT molecular complexity index is 596. The van der Waals surface area contributed by atoms with Gasteiger partial charge in [0.05, 0.1) is 11.4 Å². The van der Waals surface area contributed by atoms with E-state index in [4.69, 9.17) is 5.11 Å². The number of aliphatic carboxylic acids is 1. The van der Waals surface area contributed by atoms with E-state index in [9.17, 15) is 4.79 Å². The van der Waals surface area contributed by atoms with Crippen LogP contribution in [0.4, 0.5) is 0 Å². The molecule has 0 aliphatic rings. The molecule has 0 saturated carbocycles. The number of aromatic nitrogens is 2. The standard InChI is InChI=1S/C16H20N2O2S/c1-12(14-6-4-3-5-7-14)8-9-18-10-13(2)17-16(18)21-11-15(19)20/h3-7,10,12H,8-9,11H2,1-2H3,(H,19,20). The number of aryl methyl sites for hydroxylation is 2. The van der Waals surface area contributed by atoms with Crippen molar-refractivity contribution in [3.63, 3.8) is 0 Å². The van der Waals surface area contributed by atoms with Gasteiger partial charge in [-0.25, -0.2) is 4.98 Å². The Hall–Kier alpha value is -1.75. The summed E-state index contributed by atoms with van der Waals surface area (Å²) in [5.74, 6) is -0.305. The lowest BCUT2D eigenvalue weighted by Gasteiger charge is -2.13. The average molecular weight is 304 g/mol. The van der Waals surface area contributed by atoms with Crippen molar-refractivity contribution in [2.45, 2.75) is 37.9 Å². The van der Waals surface area contributed by atoms with Crippen LogP contribution in [0, 0.1) is 6.92 Å². The summed E-state index contributed by atoms with van der Waals surface area (Å²) in [6.07, 6.45) is 2.99. The summed E-state index contributed by atoms with van der Waals surface area (Å²) in [6, 6.07) is 10.4. The maximum absolute atomic E-state index is 10.7. The van der Waals surface area contributed by atoms with Crippen molar-refractivity contribution in [3.8, 4) is 0 Å². The first-order chi connectivity index (χ1) is 10.1. The van der Waals surface area contributed by atoms with Gasteiger partial charge >= 0.3 is 5.97 Å². The van der Waals surface area contributed by atoms with Crippen LogP contribution < -0.4 is 0 Å². The van der Waals surface area contributed by atoms with E-state index in [1.54, 1.807) is 0 Å². The lowest BCUT2D eigenvalue weighted by Crippen LogP contribution is -2.05. The minimum Gasteiger partial charge on any atom is -0.481 e. The van der Waals surface area contributed by atoms with Gasteiger partial charge < -0.3 is 9.67 Å². The molecule has 1 unspecified atom stereocenters. The zero-order chi connectivity index (χ0) is 15.2. The fraction of sp³-hybridized carbons (Fsp3) is 0.375. The molecule has 0 fully saturated rings. The van der Waals surface area contributed by atoms with Crippen LogP contribution in [0.1, 0.15) is 30.5 Å². The predicted molar refractivity (Wildman–Crippen MR) is 84.8 cm³/mol. The third-order valence-electron chi connectivity index (χ3n) is 3.36. The minimum atomic E-state index is -0.815. The van der Waals surface area contributed by atoms with E-state index in [1.165, 1.54) is 17.3 Å². The normalized spacial score (nSPS) is 12.3. The van der Waals surface area contributed by atoms with Gasteiger partial charge in [0.1, 0.15) is 0 Å². The first-order valence-electron chi connectivity index (χ1n) is 6.99. The van der Waals surface area contributed by atoms with Gasteiger partial charge in [-0.2, -0.15) is 0 Å². The SMILES string of the molecule is Cc1cn(CCC(C)c2ccccc2)c(SCC(=O)O)n1. The Balaban J connectivity index is 1.98. The van der Waals surface area contributed by atoms with Gasteiger partial charge in [-0.3, -0.25) is 4.79 Å². The van der Waals surface area contributed by atoms with Crippen LogP contribution >= 0.6 is 11.8 Å². The molecule has 0 aliphatic carbocycles. The molecular formula is C16H20N2O2S. The van der Waals surface area contributed by atoms with Crippen molar-refractivity contribution in [2.75, 3.05) is 5.75 Å². The van der Waals surface area contributed by atoms with E-state index in [-0.39, 0.29) is 5.75 Å². The fourth-order valence-corrected chi connectivity index (χ4v) is 2.98. The number of rotatable bonds is 7. The molecule has 5 heteroatoms. The van der Waals surface area contributed by atoms with Crippen molar-refractivity contribution in [2.24, 2.45) is 0 Å². The van der Waals surface area contributed by atoms with Crippen molar-refractivity contribution in [1.82, 2.24) is 9.55 Å². The molecule has 4 nitrogen and oxygen atoms in total. The van der Waals surface area contributed by atoms with E-state index in [1.807, 2.05) is 19.2 Å². The number of carboxylic acids is 1. The molecule has 1 atom stereocenters. The van der Waals surface area contributed by atoms with Crippen LogP contribution in [0.25, 0.3) is 0 Å². The lowest BCUT2D eigenvalue weighted by atomic mass is 9.98. The van der Waals surface area contributed by atoms with Gasteiger partial charge in [-0.1, -0.05) is 49.0 Å². The molecule has 0 saturated heterocycles.